The second kappa shape index (κ2) is 7.02. The lowest BCUT2D eigenvalue weighted by molar-refractivity contribution is 0.257. The quantitative estimate of drug-likeness (QED) is 0.723. The van der Waals surface area contributed by atoms with Crippen LogP contribution >= 0.6 is 0 Å². The van der Waals surface area contributed by atoms with E-state index >= 15 is 0 Å². The van der Waals surface area contributed by atoms with Crippen molar-refractivity contribution in [3.05, 3.63) is 0 Å². The van der Waals surface area contributed by atoms with Crippen molar-refractivity contribution in [3.8, 4) is 0 Å². The molecule has 2 heterocycles. The van der Waals surface area contributed by atoms with E-state index in [0.29, 0.717) is 24.9 Å². The Kier molecular flexibility index (Phi) is 5.62. The highest BCUT2D eigenvalue weighted by Gasteiger charge is 2.33. The summed E-state index contributed by atoms with van der Waals surface area (Å²) in [4.78, 5) is 2.47. The fourth-order valence-electron chi connectivity index (χ4n) is 3.14. The maximum atomic E-state index is 12.4. The topological polar surface area (TPSA) is 52.7 Å². The van der Waals surface area contributed by atoms with Crippen LogP contribution in [0.1, 0.15) is 32.1 Å². The largest absolute Gasteiger partial charge is 0.320 e. The van der Waals surface area contributed by atoms with E-state index in [1.165, 1.54) is 6.42 Å². The van der Waals surface area contributed by atoms with Crippen molar-refractivity contribution in [2.24, 2.45) is 0 Å². The number of nitrogens with one attached hydrogen (secondary N) is 1. The number of fused-ring (bicyclic) bond motifs is 1. The molecule has 19 heavy (non-hydrogen) atoms. The van der Waals surface area contributed by atoms with Crippen LogP contribution in [0.2, 0.25) is 0 Å². The number of hydrogen-bond acceptors (Lipinski definition) is 4. The molecule has 2 aliphatic heterocycles. The van der Waals surface area contributed by atoms with Crippen LogP contribution in [0.3, 0.4) is 0 Å². The van der Waals surface area contributed by atoms with E-state index in [9.17, 15) is 8.42 Å². The van der Waals surface area contributed by atoms with Gasteiger partial charge in [-0.25, -0.2) is 12.7 Å². The molecule has 2 saturated heterocycles. The third-order valence-corrected chi connectivity index (χ3v) is 6.16. The summed E-state index contributed by atoms with van der Waals surface area (Å²) >= 11 is 0. The molecular weight excluding hydrogens is 262 g/mol. The summed E-state index contributed by atoms with van der Waals surface area (Å²) in [5.41, 5.74) is 0. The number of rotatable bonds is 6. The standard InChI is InChI=1S/C13H27N3O2S/c1-14-7-2-3-11-19(17,18)16-10-5-9-15-8-4-6-13(15)12-16/h13-14H,2-12H2,1H3. The van der Waals surface area contributed by atoms with Gasteiger partial charge in [-0.15, -0.1) is 0 Å². The molecule has 112 valence electrons. The molecular formula is C13H27N3O2S. The molecule has 1 N–H and O–H groups in total. The molecule has 0 spiro atoms. The Morgan fingerprint density at radius 1 is 1.16 bits per heavy atom. The summed E-state index contributed by atoms with van der Waals surface area (Å²) in [5, 5.41) is 3.06. The summed E-state index contributed by atoms with van der Waals surface area (Å²) in [6.45, 7) is 4.54. The van der Waals surface area contributed by atoms with E-state index < -0.39 is 10.0 Å². The number of nitrogens with zero attached hydrogens (tertiary/aromatic N) is 2. The summed E-state index contributed by atoms with van der Waals surface area (Å²) in [6.07, 6.45) is 5.05. The first-order valence-electron chi connectivity index (χ1n) is 7.50. The second-order valence-corrected chi connectivity index (χ2v) is 7.76. The summed E-state index contributed by atoms with van der Waals surface area (Å²) in [5.74, 6) is 0.307. The Morgan fingerprint density at radius 3 is 2.74 bits per heavy atom. The minimum atomic E-state index is -3.05. The highest BCUT2D eigenvalue weighted by Crippen LogP contribution is 2.23. The Morgan fingerprint density at radius 2 is 1.95 bits per heavy atom. The van der Waals surface area contributed by atoms with Crippen LogP contribution in [0.5, 0.6) is 0 Å². The van der Waals surface area contributed by atoms with Gasteiger partial charge in [0.2, 0.25) is 10.0 Å². The van der Waals surface area contributed by atoms with E-state index in [2.05, 4.69) is 10.2 Å². The van der Waals surface area contributed by atoms with Gasteiger partial charge in [0.25, 0.3) is 0 Å². The molecule has 2 fully saturated rings. The molecule has 0 bridgehead atoms. The third-order valence-electron chi connectivity index (χ3n) is 4.24. The van der Waals surface area contributed by atoms with Crippen LogP contribution in [0.15, 0.2) is 0 Å². The van der Waals surface area contributed by atoms with E-state index in [1.54, 1.807) is 4.31 Å². The minimum Gasteiger partial charge on any atom is -0.320 e. The van der Waals surface area contributed by atoms with Crippen LogP contribution in [-0.2, 0) is 10.0 Å². The van der Waals surface area contributed by atoms with Gasteiger partial charge in [0, 0.05) is 19.1 Å². The molecule has 1 unspecified atom stereocenters. The molecule has 0 amide bonds. The fraction of sp³-hybridized carbons (Fsp3) is 1.00. The van der Waals surface area contributed by atoms with E-state index in [4.69, 9.17) is 0 Å². The first kappa shape index (κ1) is 15.2. The zero-order valence-electron chi connectivity index (χ0n) is 12.0. The molecule has 0 radical (unpaired) electrons. The van der Waals surface area contributed by atoms with Crippen molar-refractivity contribution in [2.45, 2.75) is 38.1 Å². The predicted molar refractivity (Wildman–Crippen MR) is 77.7 cm³/mol. The number of sulfonamides is 1. The molecule has 0 aromatic rings. The normalized spacial score (nSPS) is 26.3. The number of unbranched alkanes of at least 4 members (excludes halogenated alkanes) is 1. The van der Waals surface area contributed by atoms with Gasteiger partial charge in [-0.3, -0.25) is 4.90 Å². The molecule has 0 aromatic carbocycles. The van der Waals surface area contributed by atoms with Crippen LogP contribution in [0.25, 0.3) is 0 Å². The lowest BCUT2D eigenvalue weighted by Crippen LogP contribution is -2.40. The fourth-order valence-corrected chi connectivity index (χ4v) is 4.77. The van der Waals surface area contributed by atoms with Gasteiger partial charge in [-0.2, -0.15) is 0 Å². The molecule has 0 aromatic heterocycles. The SMILES string of the molecule is CNCCCCS(=O)(=O)N1CCCN2CCCC2C1. The van der Waals surface area contributed by atoms with Crippen molar-refractivity contribution in [1.29, 1.82) is 0 Å². The van der Waals surface area contributed by atoms with Gasteiger partial charge in [0.1, 0.15) is 0 Å². The maximum Gasteiger partial charge on any atom is 0.214 e. The molecule has 2 aliphatic rings. The summed E-state index contributed by atoms with van der Waals surface area (Å²) in [6, 6.07) is 0.467. The number of hydrogen-bond donors (Lipinski definition) is 1. The molecule has 5 nitrogen and oxygen atoms in total. The van der Waals surface area contributed by atoms with Crippen molar-refractivity contribution < 1.29 is 8.42 Å². The van der Waals surface area contributed by atoms with Crippen molar-refractivity contribution in [1.82, 2.24) is 14.5 Å². The van der Waals surface area contributed by atoms with Crippen LogP contribution < -0.4 is 5.32 Å². The summed E-state index contributed by atoms with van der Waals surface area (Å²) < 4.78 is 26.5. The third kappa shape index (κ3) is 4.15. The Labute approximate surface area is 117 Å². The van der Waals surface area contributed by atoms with E-state index in [0.717, 1.165) is 45.3 Å². The van der Waals surface area contributed by atoms with Crippen molar-refractivity contribution in [3.63, 3.8) is 0 Å². The molecule has 1 atom stereocenters. The predicted octanol–water partition coefficient (Wildman–Crippen LogP) is 0.486. The van der Waals surface area contributed by atoms with Crippen LogP contribution in [-0.4, -0.2) is 69.2 Å². The zero-order chi connectivity index (χ0) is 13.7. The lowest BCUT2D eigenvalue weighted by Gasteiger charge is -2.25. The Hall–Kier alpha value is -0.170. The van der Waals surface area contributed by atoms with Gasteiger partial charge in [0.15, 0.2) is 0 Å². The first-order valence-corrected chi connectivity index (χ1v) is 9.11. The molecule has 2 rings (SSSR count). The van der Waals surface area contributed by atoms with Gasteiger partial charge >= 0.3 is 0 Å². The maximum absolute atomic E-state index is 12.4. The first-order chi connectivity index (χ1) is 9.13. The zero-order valence-corrected chi connectivity index (χ0v) is 12.8. The van der Waals surface area contributed by atoms with E-state index in [1.807, 2.05) is 7.05 Å². The highest BCUT2D eigenvalue weighted by atomic mass is 32.2. The molecule has 6 heteroatoms. The average molecular weight is 289 g/mol. The van der Waals surface area contributed by atoms with Gasteiger partial charge in [0.05, 0.1) is 5.75 Å². The Bertz CT molecular complexity index is 372. The Balaban J connectivity index is 1.88. The highest BCUT2D eigenvalue weighted by molar-refractivity contribution is 7.89. The second-order valence-electron chi connectivity index (χ2n) is 5.67. The molecule has 0 aliphatic carbocycles. The lowest BCUT2D eigenvalue weighted by atomic mass is 10.2. The van der Waals surface area contributed by atoms with Gasteiger partial charge in [-0.1, -0.05) is 0 Å². The van der Waals surface area contributed by atoms with Crippen molar-refractivity contribution >= 4 is 10.0 Å². The van der Waals surface area contributed by atoms with E-state index in [-0.39, 0.29) is 0 Å². The van der Waals surface area contributed by atoms with Gasteiger partial charge < -0.3 is 5.32 Å². The smallest absolute Gasteiger partial charge is 0.214 e. The monoisotopic (exact) mass is 289 g/mol. The van der Waals surface area contributed by atoms with Crippen LogP contribution in [0.4, 0.5) is 0 Å². The average Bonchev–Trinajstić information content (AvgIpc) is 2.71. The minimum absolute atomic E-state index is 0.307. The summed E-state index contributed by atoms with van der Waals surface area (Å²) in [7, 11) is -1.15. The van der Waals surface area contributed by atoms with Crippen molar-refractivity contribution in [2.75, 3.05) is 45.5 Å². The molecule has 0 saturated carbocycles. The van der Waals surface area contributed by atoms with Gasteiger partial charge in [-0.05, 0) is 58.8 Å². The van der Waals surface area contributed by atoms with Crippen LogP contribution in [0, 0.1) is 0 Å².